The second-order valence-electron chi connectivity index (χ2n) is 3.92. The lowest BCUT2D eigenvalue weighted by Crippen LogP contribution is -2.47. The first-order valence-electron chi connectivity index (χ1n) is 5.70. The van der Waals surface area contributed by atoms with Gasteiger partial charge in [-0.2, -0.15) is 12.7 Å². The molecule has 6 nitrogen and oxygen atoms in total. The van der Waals surface area contributed by atoms with Gasteiger partial charge in [-0.25, -0.2) is 4.72 Å². The molecule has 1 aliphatic heterocycles. The smallest absolute Gasteiger partial charge is 0.279 e. The summed E-state index contributed by atoms with van der Waals surface area (Å²) in [6.07, 6.45) is 0. The molecule has 16 heavy (non-hydrogen) atoms. The van der Waals surface area contributed by atoms with Crippen LogP contribution >= 0.6 is 0 Å². The molecule has 0 spiro atoms. The Hall–Kier alpha value is -0.210. The summed E-state index contributed by atoms with van der Waals surface area (Å²) in [7, 11) is -1.66. The van der Waals surface area contributed by atoms with E-state index in [9.17, 15) is 8.42 Å². The van der Waals surface area contributed by atoms with Gasteiger partial charge in [-0.1, -0.05) is 6.92 Å². The quantitative estimate of drug-likeness (QED) is 0.613. The van der Waals surface area contributed by atoms with E-state index in [1.54, 1.807) is 14.0 Å². The number of likely N-dealkylation sites (N-methyl/N-ethyl adjacent to an activating group) is 1. The highest BCUT2D eigenvalue weighted by molar-refractivity contribution is 7.87. The van der Waals surface area contributed by atoms with Gasteiger partial charge >= 0.3 is 0 Å². The normalized spacial score (nSPS) is 19.2. The maximum Gasteiger partial charge on any atom is 0.279 e. The summed E-state index contributed by atoms with van der Waals surface area (Å²) in [5, 5.41) is 3.27. The van der Waals surface area contributed by atoms with Crippen LogP contribution in [0.25, 0.3) is 0 Å². The number of hydrogen-bond acceptors (Lipinski definition) is 4. The Morgan fingerprint density at radius 1 is 1.38 bits per heavy atom. The molecule has 0 saturated carbocycles. The first-order chi connectivity index (χ1) is 7.56. The van der Waals surface area contributed by atoms with Crippen LogP contribution in [0.4, 0.5) is 0 Å². The average molecular weight is 250 g/mol. The number of nitrogens with zero attached hydrogens (tertiary/aromatic N) is 2. The molecule has 0 aromatic heterocycles. The van der Waals surface area contributed by atoms with Crippen LogP contribution in [0.5, 0.6) is 0 Å². The van der Waals surface area contributed by atoms with Crippen molar-refractivity contribution in [3.05, 3.63) is 0 Å². The van der Waals surface area contributed by atoms with Crippen LogP contribution < -0.4 is 10.0 Å². The van der Waals surface area contributed by atoms with Crippen molar-refractivity contribution < 1.29 is 8.42 Å². The van der Waals surface area contributed by atoms with Crippen molar-refractivity contribution in [3.8, 4) is 0 Å². The topological polar surface area (TPSA) is 64.7 Å². The lowest BCUT2D eigenvalue weighted by molar-refractivity contribution is 0.229. The molecule has 1 heterocycles. The fourth-order valence-corrected chi connectivity index (χ4v) is 2.54. The van der Waals surface area contributed by atoms with Crippen LogP contribution in [0.15, 0.2) is 0 Å². The average Bonchev–Trinajstić information content (AvgIpc) is 2.27. The zero-order chi connectivity index (χ0) is 12.0. The highest BCUT2D eigenvalue weighted by Crippen LogP contribution is 1.96. The molecule has 0 amide bonds. The Labute approximate surface area is 98.2 Å². The van der Waals surface area contributed by atoms with Gasteiger partial charge in [0.1, 0.15) is 0 Å². The van der Waals surface area contributed by atoms with Crippen molar-refractivity contribution >= 4 is 10.2 Å². The van der Waals surface area contributed by atoms with Gasteiger partial charge < -0.3 is 5.32 Å². The van der Waals surface area contributed by atoms with Gasteiger partial charge in [-0.05, 0) is 0 Å². The Kier molecular flexibility index (Phi) is 5.63. The third-order valence-electron chi connectivity index (χ3n) is 2.68. The van der Waals surface area contributed by atoms with E-state index in [4.69, 9.17) is 0 Å². The molecule has 1 rings (SSSR count). The van der Waals surface area contributed by atoms with E-state index in [0.29, 0.717) is 13.1 Å². The molecule has 0 aliphatic carbocycles. The maximum absolute atomic E-state index is 11.6. The van der Waals surface area contributed by atoms with E-state index >= 15 is 0 Å². The standard InChI is InChI=1S/C9H22N4O2S/c1-3-11-16(14,15)12(2)8-9-13-6-4-10-5-7-13/h10-11H,3-9H2,1-2H3. The Morgan fingerprint density at radius 2 is 2.00 bits per heavy atom. The van der Waals surface area contributed by atoms with Crippen molar-refractivity contribution in [2.75, 3.05) is 52.9 Å². The second-order valence-corrected chi connectivity index (χ2v) is 5.78. The summed E-state index contributed by atoms with van der Waals surface area (Å²) < 4.78 is 27.0. The maximum atomic E-state index is 11.6. The predicted molar refractivity (Wildman–Crippen MR) is 64.5 cm³/mol. The number of piperazine rings is 1. The minimum Gasteiger partial charge on any atom is -0.314 e. The van der Waals surface area contributed by atoms with E-state index in [-0.39, 0.29) is 0 Å². The monoisotopic (exact) mass is 250 g/mol. The number of rotatable bonds is 6. The van der Waals surface area contributed by atoms with E-state index < -0.39 is 10.2 Å². The van der Waals surface area contributed by atoms with Gasteiger partial charge in [0.2, 0.25) is 0 Å². The van der Waals surface area contributed by atoms with E-state index in [1.165, 1.54) is 4.31 Å². The molecule has 0 atom stereocenters. The predicted octanol–water partition coefficient (Wildman–Crippen LogP) is -1.32. The highest BCUT2D eigenvalue weighted by atomic mass is 32.2. The molecule has 7 heteroatoms. The largest absolute Gasteiger partial charge is 0.314 e. The summed E-state index contributed by atoms with van der Waals surface area (Å²) in [6, 6.07) is 0. The third kappa shape index (κ3) is 4.34. The van der Waals surface area contributed by atoms with Gasteiger partial charge in [-0.3, -0.25) is 4.90 Å². The number of nitrogens with one attached hydrogen (secondary N) is 2. The van der Waals surface area contributed by atoms with Crippen molar-refractivity contribution in [3.63, 3.8) is 0 Å². The van der Waals surface area contributed by atoms with Gasteiger partial charge in [-0.15, -0.1) is 0 Å². The van der Waals surface area contributed by atoms with Gasteiger partial charge in [0.05, 0.1) is 0 Å². The highest BCUT2D eigenvalue weighted by Gasteiger charge is 2.17. The molecule has 0 aromatic rings. The summed E-state index contributed by atoms with van der Waals surface area (Å²) in [5.41, 5.74) is 0. The molecular formula is C9H22N4O2S. The van der Waals surface area contributed by atoms with E-state index in [2.05, 4.69) is 14.9 Å². The SMILES string of the molecule is CCNS(=O)(=O)N(C)CCN1CCNCC1. The zero-order valence-electron chi connectivity index (χ0n) is 10.1. The Morgan fingerprint density at radius 3 is 2.56 bits per heavy atom. The molecule has 0 unspecified atom stereocenters. The molecule has 96 valence electrons. The summed E-state index contributed by atoms with van der Waals surface area (Å²) in [4.78, 5) is 2.27. The minimum atomic E-state index is -3.27. The minimum absolute atomic E-state index is 0.431. The first kappa shape index (κ1) is 13.9. The molecule has 1 saturated heterocycles. The van der Waals surface area contributed by atoms with E-state index in [1.807, 2.05) is 0 Å². The van der Waals surface area contributed by atoms with Crippen LogP contribution in [0.3, 0.4) is 0 Å². The molecule has 1 fully saturated rings. The first-order valence-corrected chi connectivity index (χ1v) is 7.14. The molecule has 2 N–H and O–H groups in total. The summed E-state index contributed by atoms with van der Waals surface area (Å²) in [6.45, 7) is 7.51. The van der Waals surface area contributed by atoms with Gasteiger partial charge in [0.25, 0.3) is 10.2 Å². The van der Waals surface area contributed by atoms with Crippen LogP contribution in [0.1, 0.15) is 6.92 Å². The van der Waals surface area contributed by atoms with Crippen LogP contribution in [0, 0.1) is 0 Å². The van der Waals surface area contributed by atoms with Gasteiger partial charge in [0, 0.05) is 52.9 Å². The zero-order valence-corrected chi connectivity index (χ0v) is 10.9. The molecule has 0 radical (unpaired) electrons. The number of hydrogen-bond donors (Lipinski definition) is 2. The summed E-state index contributed by atoms with van der Waals surface area (Å²) in [5.74, 6) is 0. The molecule has 0 bridgehead atoms. The van der Waals surface area contributed by atoms with Crippen molar-refractivity contribution in [1.82, 2.24) is 19.2 Å². The van der Waals surface area contributed by atoms with Gasteiger partial charge in [0.15, 0.2) is 0 Å². The Balaban J connectivity index is 2.30. The molecule has 1 aliphatic rings. The van der Waals surface area contributed by atoms with Crippen LogP contribution in [0.2, 0.25) is 0 Å². The fraction of sp³-hybridized carbons (Fsp3) is 1.00. The van der Waals surface area contributed by atoms with Crippen LogP contribution in [-0.2, 0) is 10.2 Å². The molecular weight excluding hydrogens is 228 g/mol. The van der Waals surface area contributed by atoms with Crippen molar-refractivity contribution in [2.24, 2.45) is 0 Å². The molecule has 0 aromatic carbocycles. The third-order valence-corrected chi connectivity index (χ3v) is 4.33. The van der Waals surface area contributed by atoms with Crippen molar-refractivity contribution in [1.29, 1.82) is 0 Å². The lowest BCUT2D eigenvalue weighted by atomic mass is 10.3. The lowest BCUT2D eigenvalue weighted by Gasteiger charge is -2.28. The summed E-state index contributed by atoms with van der Waals surface area (Å²) >= 11 is 0. The van der Waals surface area contributed by atoms with E-state index in [0.717, 1.165) is 32.7 Å². The second kappa shape index (κ2) is 6.51. The Bertz CT molecular complexity index is 288. The van der Waals surface area contributed by atoms with Crippen molar-refractivity contribution in [2.45, 2.75) is 6.92 Å². The van der Waals surface area contributed by atoms with Crippen LogP contribution in [-0.4, -0.2) is 70.5 Å². The fourth-order valence-electron chi connectivity index (χ4n) is 1.63.